The average molecular weight is 445 g/mol. The molecule has 3 heteroatoms. The van der Waals surface area contributed by atoms with Gasteiger partial charge in [0.1, 0.15) is 0 Å². The molecule has 3 fully saturated rings. The highest BCUT2D eigenvalue weighted by Crippen LogP contribution is 2.65. The summed E-state index contributed by atoms with van der Waals surface area (Å²) in [5, 5.41) is 10.7. The Morgan fingerprint density at radius 2 is 1.85 bits per heavy atom. The van der Waals surface area contributed by atoms with Gasteiger partial charge in [-0.2, -0.15) is 0 Å². The number of benzene rings is 1. The van der Waals surface area contributed by atoms with Gasteiger partial charge in [0.2, 0.25) is 0 Å². The van der Waals surface area contributed by atoms with Crippen molar-refractivity contribution in [2.24, 2.45) is 34.5 Å². The molecule has 33 heavy (non-hydrogen) atoms. The Hall–Kier alpha value is -2.18. The van der Waals surface area contributed by atoms with Crippen LogP contribution < -0.4 is 0 Å². The molecule has 1 aromatic rings. The highest BCUT2D eigenvalue weighted by Gasteiger charge is 2.59. The van der Waals surface area contributed by atoms with Gasteiger partial charge in [0.15, 0.2) is 11.6 Å². The summed E-state index contributed by atoms with van der Waals surface area (Å²) in [4.78, 5) is 24.4. The van der Waals surface area contributed by atoms with Crippen LogP contribution in [-0.2, 0) is 4.79 Å². The summed E-state index contributed by atoms with van der Waals surface area (Å²) in [6.07, 6.45) is 9.92. The maximum atomic E-state index is 13.0. The molecule has 1 aromatic carbocycles. The molecule has 4 aliphatic carbocycles. The Kier molecular flexibility index (Phi) is 5.65. The van der Waals surface area contributed by atoms with Crippen molar-refractivity contribution in [2.75, 3.05) is 0 Å². The fourth-order valence-electron chi connectivity index (χ4n) is 7.96. The van der Waals surface area contributed by atoms with Crippen LogP contribution in [0.2, 0.25) is 0 Å². The Labute approximate surface area is 198 Å². The van der Waals surface area contributed by atoms with Gasteiger partial charge in [0.05, 0.1) is 6.10 Å². The van der Waals surface area contributed by atoms with Crippen LogP contribution in [0.25, 0.3) is 0 Å². The summed E-state index contributed by atoms with van der Waals surface area (Å²) in [6.45, 7) is 6.30. The molecule has 5 rings (SSSR count). The highest BCUT2D eigenvalue weighted by molar-refractivity contribution is 5.94. The van der Waals surface area contributed by atoms with Crippen LogP contribution in [0, 0.1) is 46.3 Å². The third kappa shape index (κ3) is 3.71. The van der Waals surface area contributed by atoms with E-state index in [1.54, 1.807) is 6.92 Å². The maximum absolute atomic E-state index is 13.0. The van der Waals surface area contributed by atoms with E-state index in [2.05, 4.69) is 25.7 Å². The third-order valence-electron chi connectivity index (χ3n) is 9.95. The Bertz CT molecular complexity index is 1050. The molecule has 4 aliphatic rings. The zero-order valence-corrected chi connectivity index (χ0v) is 20.2. The lowest BCUT2D eigenvalue weighted by Gasteiger charge is -2.58. The molecule has 7 atom stereocenters. The molecule has 0 amide bonds. The normalized spacial score (nSPS) is 39.5. The summed E-state index contributed by atoms with van der Waals surface area (Å²) in [7, 11) is 0. The molecule has 0 saturated heterocycles. The number of aliphatic hydroxyl groups excluding tert-OH is 1. The fourth-order valence-corrected chi connectivity index (χ4v) is 7.96. The topological polar surface area (TPSA) is 54.4 Å². The van der Waals surface area contributed by atoms with Gasteiger partial charge in [0.25, 0.3) is 0 Å². The van der Waals surface area contributed by atoms with E-state index in [1.807, 2.05) is 30.3 Å². The minimum absolute atomic E-state index is 0.0380. The molecule has 0 radical (unpaired) electrons. The molecule has 1 N–H and O–H groups in total. The second kappa shape index (κ2) is 8.24. The minimum atomic E-state index is -0.145. The summed E-state index contributed by atoms with van der Waals surface area (Å²) < 4.78 is 0. The van der Waals surface area contributed by atoms with Gasteiger partial charge in [0, 0.05) is 23.5 Å². The van der Waals surface area contributed by atoms with Crippen LogP contribution in [-0.4, -0.2) is 22.8 Å². The quantitative estimate of drug-likeness (QED) is 0.467. The number of carbonyl (C=O) groups is 2. The van der Waals surface area contributed by atoms with Crippen LogP contribution in [0.3, 0.4) is 0 Å². The largest absolute Gasteiger partial charge is 0.393 e. The van der Waals surface area contributed by atoms with Crippen molar-refractivity contribution in [1.82, 2.24) is 0 Å². The second-order valence-electron chi connectivity index (χ2n) is 11.6. The first-order valence-corrected chi connectivity index (χ1v) is 12.8. The predicted octanol–water partition coefficient (Wildman–Crippen LogP) is 5.75. The van der Waals surface area contributed by atoms with Crippen molar-refractivity contribution in [1.29, 1.82) is 0 Å². The number of allylic oxidation sites excluding steroid dienone is 1. The van der Waals surface area contributed by atoms with Crippen LogP contribution in [0.1, 0.15) is 88.1 Å². The number of rotatable bonds is 2. The molecule has 0 spiro atoms. The maximum Gasteiger partial charge on any atom is 0.159 e. The smallest absolute Gasteiger partial charge is 0.159 e. The zero-order chi connectivity index (χ0) is 23.4. The number of hydrogen-bond acceptors (Lipinski definition) is 3. The Morgan fingerprint density at radius 3 is 2.58 bits per heavy atom. The lowest BCUT2D eigenvalue weighted by Crippen LogP contribution is -2.52. The average Bonchev–Trinajstić information content (AvgIpc) is 3.09. The summed E-state index contributed by atoms with van der Waals surface area (Å²) in [5.74, 6) is 8.64. The van der Waals surface area contributed by atoms with Gasteiger partial charge in [-0.15, -0.1) is 0 Å². The summed E-state index contributed by atoms with van der Waals surface area (Å²) >= 11 is 0. The number of carbonyl (C=O) groups excluding carboxylic acids is 2. The van der Waals surface area contributed by atoms with Crippen LogP contribution >= 0.6 is 0 Å². The van der Waals surface area contributed by atoms with E-state index < -0.39 is 0 Å². The number of Topliss-reactive ketones (excluding diaryl/α,β-unsaturated/α-hetero) is 1. The molecule has 0 aromatic heterocycles. The first-order chi connectivity index (χ1) is 15.7. The van der Waals surface area contributed by atoms with Gasteiger partial charge in [-0.05, 0) is 98.7 Å². The van der Waals surface area contributed by atoms with E-state index in [1.165, 1.54) is 12.0 Å². The Balaban J connectivity index is 1.33. The molecule has 3 nitrogen and oxygen atoms in total. The molecule has 1 unspecified atom stereocenters. The number of aliphatic hydroxyl groups is 1. The van der Waals surface area contributed by atoms with Crippen molar-refractivity contribution < 1.29 is 14.7 Å². The van der Waals surface area contributed by atoms with Gasteiger partial charge in [-0.3, -0.25) is 9.59 Å². The summed E-state index contributed by atoms with van der Waals surface area (Å²) in [6, 6.07) is 7.39. The number of ketones is 2. The predicted molar refractivity (Wildman–Crippen MR) is 130 cm³/mol. The van der Waals surface area contributed by atoms with Gasteiger partial charge < -0.3 is 5.11 Å². The zero-order valence-electron chi connectivity index (χ0n) is 20.2. The first-order valence-electron chi connectivity index (χ1n) is 12.8. The first kappa shape index (κ1) is 22.6. The lowest BCUT2D eigenvalue weighted by atomic mass is 9.46. The molecule has 0 aliphatic heterocycles. The van der Waals surface area contributed by atoms with Crippen molar-refractivity contribution in [3.63, 3.8) is 0 Å². The van der Waals surface area contributed by atoms with Gasteiger partial charge in [-0.1, -0.05) is 43.4 Å². The molecular formula is C30H36O3. The fraction of sp³-hybridized carbons (Fsp3) is 0.600. The lowest BCUT2D eigenvalue weighted by molar-refractivity contribution is -0.123. The molecule has 174 valence electrons. The van der Waals surface area contributed by atoms with Crippen molar-refractivity contribution in [2.45, 2.75) is 78.2 Å². The molecular weight excluding hydrogens is 408 g/mol. The van der Waals surface area contributed by atoms with E-state index >= 15 is 0 Å². The molecule has 3 saturated carbocycles. The number of fused-ring (bicyclic) bond motifs is 5. The van der Waals surface area contributed by atoms with Crippen LogP contribution in [0.4, 0.5) is 0 Å². The highest BCUT2D eigenvalue weighted by atomic mass is 16.3. The van der Waals surface area contributed by atoms with Crippen molar-refractivity contribution in [3.05, 3.63) is 47.0 Å². The SMILES string of the molecule is CC(=O)c1ccc(C#CCC2C[C@@]3(C)C(=CC2=O)CC[C@H]2[C@@H]4CC[C@H](O)[C@@]4(C)CC[C@@H]23)cc1. The monoisotopic (exact) mass is 444 g/mol. The Morgan fingerprint density at radius 1 is 1.09 bits per heavy atom. The van der Waals surface area contributed by atoms with Crippen molar-refractivity contribution in [3.8, 4) is 11.8 Å². The van der Waals surface area contributed by atoms with Crippen LogP contribution in [0.15, 0.2) is 35.9 Å². The second-order valence-corrected chi connectivity index (χ2v) is 11.6. The van der Waals surface area contributed by atoms with Gasteiger partial charge in [-0.25, -0.2) is 0 Å². The van der Waals surface area contributed by atoms with Crippen molar-refractivity contribution >= 4 is 11.6 Å². The third-order valence-corrected chi connectivity index (χ3v) is 9.95. The van der Waals surface area contributed by atoms with E-state index in [0.29, 0.717) is 29.7 Å². The summed E-state index contributed by atoms with van der Waals surface area (Å²) in [5.41, 5.74) is 3.13. The molecule has 0 heterocycles. The van der Waals surface area contributed by atoms with Crippen LogP contribution in [0.5, 0.6) is 0 Å². The van der Waals surface area contributed by atoms with E-state index in [0.717, 1.165) is 44.1 Å². The standard InChI is InChI=1S/C30H36O3/c1-19(31)21-9-7-20(8-10-21)5-4-6-22-18-30(3)23(17-27(22)32)11-12-24-25-13-14-28(33)29(25,2)16-15-26(24)30/h7-10,17,22,24-26,28,33H,6,11-16,18H2,1-3H3/t22?,24-,25-,26-,28-,29-,30-/m0/s1. The minimum Gasteiger partial charge on any atom is -0.393 e. The van der Waals surface area contributed by atoms with E-state index in [9.17, 15) is 14.7 Å². The molecule has 0 bridgehead atoms. The van der Waals surface area contributed by atoms with Gasteiger partial charge >= 0.3 is 0 Å². The van der Waals surface area contributed by atoms with E-state index in [-0.39, 0.29) is 34.4 Å². The number of hydrogen-bond donors (Lipinski definition) is 1. The van der Waals surface area contributed by atoms with E-state index in [4.69, 9.17) is 0 Å².